The summed E-state index contributed by atoms with van der Waals surface area (Å²) in [4.78, 5) is 0. The Morgan fingerprint density at radius 2 is 2.40 bits per heavy atom. The van der Waals surface area contributed by atoms with Gasteiger partial charge in [0.25, 0.3) is 0 Å². The van der Waals surface area contributed by atoms with E-state index in [0.29, 0.717) is 4.75 Å². The zero-order valence-electron chi connectivity index (χ0n) is 6.02. The molecule has 2 heteroatoms. The van der Waals surface area contributed by atoms with Crippen LogP contribution in [0.1, 0.15) is 13.8 Å². The molecule has 2 atom stereocenters. The maximum absolute atomic E-state index is 3.54. The maximum Gasteiger partial charge on any atom is 0.0511 e. The third-order valence-corrected chi connectivity index (χ3v) is 4.92. The molecule has 0 spiro atoms. The molecule has 2 rings (SSSR count). The number of rotatable bonds is 0. The Bertz CT molecular complexity index is 242. The van der Waals surface area contributed by atoms with Gasteiger partial charge in [-0.1, -0.05) is 28.1 Å². The van der Waals surface area contributed by atoms with Crippen molar-refractivity contribution in [3.63, 3.8) is 0 Å². The molecule has 2 aliphatic rings. The molecule has 2 unspecified atom stereocenters. The summed E-state index contributed by atoms with van der Waals surface area (Å²) >= 11 is 5.57. The Kier molecular flexibility index (Phi) is 1.34. The Morgan fingerprint density at radius 3 is 3.00 bits per heavy atom. The van der Waals surface area contributed by atoms with Crippen molar-refractivity contribution in [1.82, 2.24) is 0 Å². The number of fused-ring (bicyclic) bond motifs is 1. The van der Waals surface area contributed by atoms with E-state index in [-0.39, 0.29) is 0 Å². The topological polar surface area (TPSA) is 0 Å². The van der Waals surface area contributed by atoms with Crippen molar-refractivity contribution in [2.45, 2.75) is 23.8 Å². The molecular formula is C8H9BrS. The third-order valence-electron chi connectivity index (χ3n) is 2.38. The van der Waals surface area contributed by atoms with E-state index in [9.17, 15) is 0 Å². The highest BCUT2D eigenvalue weighted by Gasteiger charge is 2.52. The van der Waals surface area contributed by atoms with E-state index in [4.69, 9.17) is 0 Å². The minimum atomic E-state index is 0.438. The molecule has 0 amide bonds. The van der Waals surface area contributed by atoms with Crippen LogP contribution in [0.3, 0.4) is 0 Å². The average Bonchev–Trinajstić information content (AvgIpc) is 2.55. The van der Waals surface area contributed by atoms with Gasteiger partial charge in [0.2, 0.25) is 0 Å². The van der Waals surface area contributed by atoms with Crippen LogP contribution in [0.2, 0.25) is 0 Å². The monoisotopic (exact) mass is 216 g/mol. The van der Waals surface area contributed by atoms with Crippen LogP contribution in [0.4, 0.5) is 0 Å². The van der Waals surface area contributed by atoms with E-state index in [1.807, 2.05) is 11.8 Å². The number of hydrogen-bond donors (Lipinski definition) is 0. The largest absolute Gasteiger partial charge is 0.140 e. The van der Waals surface area contributed by atoms with E-state index < -0.39 is 0 Å². The lowest BCUT2D eigenvalue weighted by Crippen LogP contribution is -2.12. The van der Waals surface area contributed by atoms with Crippen LogP contribution in [0.5, 0.6) is 0 Å². The zero-order valence-corrected chi connectivity index (χ0v) is 8.42. The smallest absolute Gasteiger partial charge is 0.0511 e. The lowest BCUT2D eigenvalue weighted by Gasteiger charge is -2.13. The second kappa shape index (κ2) is 1.92. The molecule has 10 heavy (non-hydrogen) atoms. The molecular weight excluding hydrogens is 208 g/mol. The molecule has 1 aliphatic heterocycles. The van der Waals surface area contributed by atoms with Gasteiger partial charge in [-0.3, -0.25) is 0 Å². The SMILES string of the molecule is CC1=C(Br)C=CC2SC12C. The quantitative estimate of drug-likeness (QED) is 0.562. The molecule has 0 bridgehead atoms. The van der Waals surface area contributed by atoms with Crippen molar-refractivity contribution in [3.05, 3.63) is 22.2 Å². The minimum Gasteiger partial charge on any atom is -0.140 e. The highest BCUT2D eigenvalue weighted by molar-refractivity contribution is 9.11. The number of thioether (sulfide) groups is 1. The average molecular weight is 217 g/mol. The maximum atomic E-state index is 3.54. The highest BCUT2D eigenvalue weighted by Crippen LogP contribution is 2.61. The Balaban J connectivity index is 2.44. The summed E-state index contributed by atoms with van der Waals surface area (Å²) in [5, 5.41) is 0.758. The molecule has 0 radical (unpaired) electrons. The number of allylic oxidation sites excluding steroid dienone is 2. The molecule has 1 fully saturated rings. The van der Waals surface area contributed by atoms with E-state index in [0.717, 1.165) is 5.25 Å². The Morgan fingerprint density at radius 1 is 1.70 bits per heavy atom. The van der Waals surface area contributed by atoms with Gasteiger partial charge >= 0.3 is 0 Å². The summed E-state index contributed by atoms with van der Waals surface area (Å²) in [7, 11) is 0. The second-order valence-corrected chi connectivity index (χ2v) is 5.42. The Hall–Kier alpha value is 0.310. The minimum absolute atomic E-state index is 0.438. The molecule has 0 N–H and O–H groups in total. The van der Waals surface area contributed by atoms with Crippen molar-refractivity contribution in [1.29, 1.82) is 0 Å². The van der Waals surface area contributed by atoms with Crippen LogP contribution < -0.4 is 0 Å². The molecule has 0 aromatic heterocycles. The zero-order chi connectivity index (χ0) is 7.35. The van der Waals surface area contributed by atoms with Gasteiger partial charge in [-0.25, -0.2) is 0 Å². The summed E-state index contributed by atoms with van der Waals surface area (Å²) in [5.41, 5.74) is 1.49. The van der Waals surface area contributed by atoms with E-state index in [1.165, 1.54) is 10.1 Å². The molecule has 1 heterocycles. The van der Waals surface area contributed by atoms with Gasteiger partial charge in [0.1, 0.15) is 0 Å². The fourth-order valence-electron chi connectivity index (χ4n) is 1.29. The van der Waals surface area contributed by atoms with Crippen LogP contribution in [-0.2, 0) is 0 Å². The van der Waals surface area contributed by atoms with Crippen LogP contribution in [0.25, 0.3) is 0 Å². The summed E-state index contributed by atoms with van der Waals surface area (Å²) in [6.07, 6.45) is 4.45. The molecule has 0 aromatic carbocycles. The first-order chi connectivity index (χ1) is 4.64. The fraction of sp³-hybridized carbons (Fsp3) is 0.500. The molecule has 54 valence electrons. The van der Waals surface area contributed by atoms with Gasteiger partial charge in [0, 0.05) is 9.73 Å². The standard InChI is InChI=1S/C8H9BrS/c1-5-6(9)3-4-7-8(5,2)10-7/h3-4,7H,1-2H3. The summed E-state index contributed by atoms with van der Waals surface area (Å²) in [6.45, 7) is 4.52. The molecule has 1 aliphatic carbocycles. The summed E-state index contributed by atoms with van der Waals surface area (Å²) < 4.78 is 1.71. The van der Waals surface area contributed by atoms with E-state index in [2.05, 4.69) is 41.9 Å². The first-order valence-corrected chi connectivity index (χ1v) is 5.05. The van der Waals surface area contributed by atoms with Crippen molar-refractivity contribution in [2.75, 3.05) is 0 Å². The normalized spacial score (nSPS) is 43.7. The first kappa shape index (κ1) is 6.99. The van der Waals surface area contributed by atoms with Gasteiger partial charge in [-0.15, -0.1) is 11.8 Å². The van der Waals surface area contributed by atoms with Gasteiger partial charge in [0.15, 0.2) is 0 Å². The van der Waals surface area contributed by atoms with Crippen LogP contribution in [0.15, 0.2) is 22.2 Å². The van der Waals surface area contributed by atoms with Crippen LogP contribution in [-0.4, -0.2) is 10.00 Å². The molecule has 0 nitrogen and oxygen atoms in total. The van der Waals surface area contributed by atoms with Crippen molar-refractivity contribution in [3.8, 4) is 0 Å². The molecule has 0 aromatic rings. The summed E-state index contributed by atoms with van der Waals surface area (Å²) in [5.74, 6) is 0. The fourth-order valence-corrected chi connectivity index (χ4v) is 3.14. The second-order valence-electron chi connectivity index (χ2n) is 2.98. The predicted octanol–water partition coefficient (Wildman–Crippen LogP) is 3.10. The lowest BCUT2D eigenvalue weighted by molar-refractivity contribution is 0.853. The van der Waals surface area contributed by atoms with Gasteiger partial charge < -0.3 is 0 Å². The van der Waals surface area contributed by atoms with Crippen molar-refractivity contribution in [2.24, 2.45) is 0 Å². The van der Waals surface area contributed by atoms with Crippen molar-refractivity contribution < 1.29 is 0 Å². The number of hydrogen-bond acceptors (Lipinski definition) is 1. The van der Waals surface area contributed by atoms with Gasteiger partial charge in [-0.05, 0) is 19.4 Å². The summed E-state index contributed by atoms with van der Waals surface area (Å²) in [6, 6.07) is 0. The van der Waals surface area contributed by atoms with Crippen LogP contribution >= 0.6 is 27.7 Å². The van der Waals surface area contributed by atoms with E-state index in [1.54, 1.807) is 0 Å². The first-order valence-electron chi connectivity index (χ1n) is 3.37. The van der Waals surface area contributed by atoms with Crippen LogP contribution in [0, 0.1) is 0 Å². The molecule has 1 saturated heterocycles. The third kappa shape index (κ3) is 0.751. The predicted molar refractivity (Wildman–Crippen MR) is 50.6 cm³/mol. The highest BCUT2D eigenvalue weighted by atomic mass is 79.9. The number of halogens is 1. The van der Waals surface area contributed by atoms with Gasteiger partial charge in [0.05, 0.1) is 4.75 Å². The molecule has 0 saturated carbocycles. The lowest BCUT2D eigenvalue weighted by atomic mass is 9.95. The van der Waals surface area contributed by atoms with Crippen molar-refractivity contribution >= 4 is 27.7 Å². The Labute approximate surface area is 73.9 Å². The van der Waals surface area contributed by atoms with E-state index >= 15 is 0 Å². The van der Waals surface area contributed by atoms with Gasteiger partial charge in [-0.2, -0.15) is 0 Å².